The van der Waals surface area contributed by atoms with Crippen LogP contribution in [0.1, 0.15) is 19.8 Å². The first-order valence-corrected chi connectivity index (χ1v) is 6.16. The molecule has 1 aromatic rings. The van der Waals surface area contributed by atoms with Gasteiger partial charge in [0.25, 0.3) is 0 Å². The van der Waals surface area contributed by atoms with Gasteiger partial charge in [-0.15, -0.1) is 0 Å². The second kappa shape index (κ2) is 8.20. The van der Waals surface area contributed by atoms with Crippen LogP contribution in [0.3, 0.4) is 0 Å². The van der Waals surface area contributed by atoms with Gasteiger partial charge in [-0.2, -0.15) is 0 Å². The lowest BCUT2D eigenvalue weighted by atomic mass is 10.3. The van der Waals surface area contributed by atoms with E-state index in [1.807, 2.05) is 6.92 Å². The lowest BCUT2D eigenvalue weighted by Gasteiger charge is -2.09. The molecule has 1 aromatic heterocycles. The summed E-state index contributed by atoms with van der Waals surface area (Å²) >= 11 is 0. The molecule has 0 saturated carbocycles. The van der Waals surface area contributed by atoms with Gasteiger partial charge in [-0.1, -0.05) is 13.3 Å². The third-order valence-corrected chi connectivity index (χ3v) is 2.43. The normalized spacial score (nSPS) is 10.2. The number of nitrogens with zero attached hydrogens (tertiary/aromatic N) is 3. The van der Waals surface area contributed by atoms with Crippen molar-refractivity contribution in [3.63, 3.8) is 0 Å². The molecule has 0 aliphatic carbocycles. The van der Waals surface area contributed by atoms with Crippen LogP contribution >= 0.6 is 0 Å². The molecule has 19 heavy (non-hydrogen) atoms. The Hall–Kier alpha value is -1.96. The number of unbranched alkanes of at least 4 members (excludes halogenated alkanes) is 1. The Balaban J connectivity index is 2.84. The molecule has 8 heteroatoms. The standard InChI is InChI=1S/C11H19N5O3/c1-3-4-5-12-10-9(16(17)18)11(15-8-14-10)13-6-7-19-2/h8H,3-7H2,1-2H3,(H2,12,13,14,15). The highest BCUT2D eigenvalue weighted by Crippen LogP contribution is 2.28. The summed E-state index contributed by atoms with van der Waals surface area (Å²) in [6.45, 7) is 3.59. The zero-order chi connectivity index (χ0) is 14.1. The second-order valence-corrected chi connectivity index (χ2v) is 3.88. The largest absolute Gasteiger partial charge is 0.383 e. The fraction of sp³-hybridized carbons (Fsp3) is 0.636. The van der Waals surface area contributed by atoms with Crippen LogP contribution in [0.4, 0.5) is 17.3 Å². The minimum absolute atomic E-state index is 0.130. The van der Waals surface area contributed by atoms with Crippen molar-refractivity contribution in [3.05, 3.63) is 16.4 Å². The Morgan fingerprint density at radius 2 is 1.95 bits per heavy atom. The molecule has 0 spiro atoms. The zero-order valence-electron chi connectivity index (χ0n) is 11.2. The molecule has 0 unspecified atom stereocenters. The molecule has 0 aliphatic rings. The molecule has 0 radical (unpaired) electrons. The first kappa shape index (κ1) is 15.1. The maximum absolute atomic E-state index is 11.1. The van der Waals surface area contributed by atoms with Crippen molar-refractivity contribution in [2.75, 3.05) is 37.4 Å². The van der Waals surface area contributed by atoms with E-state index in [9.17, 15) is 10.1 Å². The maximum atomic E-state index is 11.1. The van der Waals surface area contributed by atoms with Gasteiger partial charge in [-0.25, -0.2) is 9.97 Å². The van der Waals surface area contributed by atoms with E-state index in [2.05, 4.69) is 20.6 Å². The summed E-state index contributed by atoms with van der Waals surface area (Å²) in [7, 11) is 1.56. The fourth-order valence-electron chi connectivity index (χ4n) is 1.47. The van der Waals surface area contributed by atoms with Gasteiger partial charge in [-0.05, 0) is 6.42 Å². The van der Waals surface area contributed by atoms with Crippen LogP contribution in [0.5, 0.6) is 0 Å². The number of rotatable bonds is 9. The zero-order valence-corrected chi connectivity index (χ0v) is 11.2. The van der Waals surface area contributed by atoms with E-state index in [0.29, 0.717) is 19.7 Å². The molecule has 0 fully saturated rings. The highest BCUT2D eigenvalue weighted by atomic mass is 16.6. The molecule has 0 saturated heterocycles. The van der Waals surface area contributed by atoms with Gasteiger partial charge in [0.15, 0.2) is 0 Å². The molecular weight excluding hydrogens is 250 g/mol. The van der Waals surface area contributed by atoms with E-state index in [-0.39, 0.29) is 17.3 Å². The number of anilines is 2. The van der Waals surface area contributed by atoms with Gasteiger partial charge in [0.2, 0.25) is 11.6 Å². The summed E-state index contributed by atoms with van der Waals surface area (Å²) < 4.78 is 4.88. The highest BCUT2D eigenvalue weighted by molar-refractivity contribution is 5.69. The molecule has 0 atom stereocenters. The molecule has 1 rings (SSSR count). The molecule has 1 heterocycles. The number of hydrogen-bond donors (Lipinski definition) is 2. The molecule has 0 aliphatic heterocycles. The molecule has 106 valence electrons. The minimum Gasteiger partial charge on any atom is -0.383 e. The lowest BCUT2D eigenvalue weighted by Crippen LogP contribution is -2.13. The fourth-order valence-corrected chi connectivity index (χ4v) is 1.47. The van der Waals surface area contributed by atoms with E-state index in [4.69, 9.17) is 4.74 Å². The lowest BCUT2D eigenvalue weighted by molar-refractivity contribution is -0.383. The second-order valence-electron chi connectivity index (χ2n) is 3.88. The average Bonchev–Trinajstić information content (AvgIpc) is 2.39. The van der Waals surface area contributed by atoms with Crippen molar-refractivity contribution in [2.45, 2.75) is 19.8 Å². The van der Waals surface area contributed by atoms with Gasteiger partial charge in [0, 0.05) is 20.2 Å². The van der Waals surface area contributed by atoms with E-state index < -0.39 is 4.92 Å². The number of aromatic nitrogens is 2. The number of ether oxygens (including phenoxy) is 1. The van der Waals surface area contributed by atoms with Crippen molar-refractivity contribution in [3.8, 4) is 0 Å². The molecule has 8 nitrogen and oxygen atoms in total. The quantitative estimate of drug-likeness (QED) is 0.399. The van der Waals surface area contributed by atoms with Gasteiger partial charge < -0.3 is 15.4 Å². The molecule has 2 N–H and O–H groups in total. The van der Waals surface area contributed by atoms with E-state index in [1.54, 1.807) is 7.11 Å². The van der Waals surface area contributed by atoms with Crippen LogP contribution in [0.2, 0.25) is 0 Å². The predicted octanol–water partition coefficient (Wildman–Crippen LogP) is 1.66. The van der Waals surface area contributed by atoms with Crippen LogP contribution in [0, 0.1) is 10.1 Å². The Labute approximate surface area is 111 Å². The number of nitrogens with one attached hydrogen (secondary N) is 2. The Bertz CT molecular complexity index is 385. The molecular formula is C11H19N5O3. The average molecular weight is 269 g/mol. The minimum atomic E-state index is -0.483. The topological polar surface area (TPSA) is 102 Å². The number of methoxy groups -OCH3 is 1. The predicted molar refractivity (Wildman–Crippen MR) is 72.4 cm³/mol. The summed E-state index contributed by atoms with van der Waals surface area (Å²) in [6.07, 6.45) is 3.23. The molecule has 0 amide bonds. The summed E-state index contributed by atoms with van der Waals surface area (Å²) in [6, 6.07) is 0. The van der Waals surface area contributed by atoms with Crippen molar-refractivity contribution in [1.29, 1.82) is 0 Å². The van der Waals surface area contributed by atoms with Gasteiger partial charge in [0.1, 0.15) is 6.33 Å². The molecule has 0 aromatic carbocycles. The van der Waals surface area contributed by atoms with Gasteiger partial charge in [0.05, 0.1) is 11.5 Å². The van der Waals surface area contributed by atoms with Crippen LogP contribution in [-0.2, 0) is 4.74 Å². The van der Waals surface area contributed by atoms with Crippen LogP contribution in [-0.4, -0.2) is 41.7 Å². The third kappa shape index (κ3) is 4.66. The smallest absolute Gasteiger partial charge is 0.353 e. The summed E-state index contributed by atoms with van der Waals surface area (Å²) in [4.78, 5) is 18.5. The monoisotopic (exact) mass is 269 g/mol. The van der Waals surface area contributed by atoms with Crippen LogP contribution in [0.15, 0.2) is 6.33 Å². The van der Waals surface area contributed by atoms with Crippen molar-refractivity contribution < 1.29 is 9.66 Å². The van der Waals surface area contributed by atoms with Gasteiger partial charge in [-0.3, -0.25) is 10.1 Å². The number of nitro groups is 1. The molecule has 0 bridgehead atoms. The Morgan fingerprint density at radius 3 is 2.47 bits per heavy atom. The van der Waals surface area contributed by atoms with Crippen molar-refractivity contribution in [2.24, 2.45) is 0 Å². The first-order chi connectivity index (χ1) is 9.20. The van der Waals surface area contributed by atoms with Crippen LogP contribution in [0.25, 0.3) is 0 Å². The van der Waals surface area contributed by atoms with Gasteiger partial charge >= 0.3 is 5.69 Å². The third-order valence-electron chi connectivity index (χ3n) is 2.43. The summed E-state index contributed by atoms with van der Waals surface area (Å²) in [5.41, 5.74) is -0.130. The van der Waals surface area contributed by atoms with Crippen molar-refractivity contribution in [1.82, 2.24) is 9.97 Å². The Kier molecular flexibility index (Phi) is 6.51. The summed E-state index contributed by atoms with van der Waals surface area (Å²) in [5, 5.41) is 17.0. The number of hydrogen-bond acceptors (Lipinski definition) is 7. The Morgan fingerprint density at radius 1 is 1.32 bits per heavy atom. The summed E-state index contributed by atoms with van der Waals surface area (Å²) in [5.74, 6) is 0.449. The van der Waals surface area contributed by atoms with Crippen molar-refractivity contribution >= 4 is 17.3 Å². The van der Waals surface area contributed by atoms with E-state index >= 15 is 0 Å². The van der Waals surface area contributed by atoms with E-state index in [0.717, 1.165) is 12.8 Å². The van der Waals surface area contributed by atoms with E-state index in [1.165, 1.54) is 6.33 Å². The SMILES string of the molecule is CCCCNc1ncnc(NCCOC)c1[N+](=O)[O-]. The highest BCUT2D eigenvalue weighted by Gasteiger charge is 2.22. The maximum Gasteiger partial charge on any atom is 0.353 e. The van der Waals surface area contributed by atoms with Crippen LogP contribution < -0.4 is 10.6 Å². The first-order valence-electron chi connectivity index (χ1n) is 6.16.